The Morgan fingerprint density at radius 2 is 2.18 bits per heavy atom. The highest BCUT2D eigenvalue weighted by Gasteiger charge is 2.11. The molecule has 0 aromatic carbocycles. The van der Waals surface area contributed by atoms with Crippen LogP contribution >= 0.6 is 22.9 Å². The first-order chi connectivity index (χ1) is 8.31. The number of nitrogens with one attached hydrogen (secondary N) is 1. The second kappa shape index (κ2) is 6.10. The second-order valence-corrected chi connectivity index (χ2v) is 5.17. The van der Waals surface area contributed by atoms with Gasteiger partial charge in [0.15, 0.2) is 5.01 Å². The quantitative estimate of drug-likeness (QED) is 0.793. The van der Waals surface area contributed by atoms with Crippen molar-refractivity contribution >= 4 is 22.9 Å². The Morgan fingerprint density at radius 1 is 1.29 bits per heavy atom. The molecule has 0 saturated heterocycles. The lowest BCUT2D eigenvalue weighted by molar-refractivity contribution is 0.199. The van der Waals surface area contributed by atoms with Crippen LogP contribution in [0.4, 0.5) is 0 Å². The number of hydrogen-bond acceptors (Lipinski definition) is 8. The van der Waals surface area contributed by atoms with Crippen molar-refractivity contribution in [2.75, 3.05) is 20.3 Å². The summed E-state index contributed by atoms with van der Waals surface area (Å²) in [6.07, 6.45) is 0. The Morgan fingerprint density at radius 3 is 2.88 bits per heavy atom. The molecule has 0 saturated carbocycles. The smallest absolute Gasteiger partial charge is 0.161 e. The Balaban J connectivity index is 1.95. The highest BCUT2D eigenvalue weighted by atomic mass is 32.1. The third-order valence-electron chi connectivity index (χ3n) is 2.07. The van der Waals surface area contributed by atoms with E-state index in [9.17, 15) is 0 Å². The van der Waals surface area contributed by atoms with Gasteiger partial charge in [-0.2, -0.15) is 0 Å². The van der Waals surface area contributed by atoms with Crippen molar-refractivity contribution in [1.82, 2.24) is 25.1 Å². The topological polar surface area (TPSA) is 72.8 Å². The Bertz CT molecular complexity index is 469. The van der Waals surface area contributed by atoms with Gasteiger partial charge < -0.3 is 10.1 Å². The molecular formula is C9H13N5OS2. The van der Waals surface area contributed by atoms with Gasteiger partial charge in [0.2, 0.25) is 0 Å². The molecule has 0 radical (unpaired) electrons. The number of hydrogen-bond donors (Lipinski definition) is 1. The molecule has 92 valence electrons. The van der Waals surface area contributed by atoms with Gasteiger partial charge >= 0.3 is 0 Å². The molecule has 6 nitrogen and oxygen atoms in total. The lowest BCUT2D eigenvalue weighted by Gasteiger charge is -1.99. The van der Waals surface area contributed by atoms with Gasteiger partial charge in [-0.05, 0) is 18.5 Å². The van der Waals surface area contributed by atoms with Gasteiger partial charge in [0.1, 0.15) is 9.88 Å². The van der Waals surface area contributed by atoms with Gasteiger partial charge in [0.05, 0.1) is 12.3 Å². The molecule has 0 aliphatic rings. The van der Waals surface area contributed by atoms with Crippen molar-refractivity contribution in [1.29, 1.82) is 0 Å². The first-order valence-corrected chi connectivity index (χ1v) is 6.71. The summed E-state index contributed by atoms with van der Waals surface area (Å²) < 4.78 is 8.84. The molecule has 1 N–H and O–H groups in total. The molecule has 2 heterocycles. The standard InChI is InChI=1S/C9H13N5OS2/c1-6-8(17-14-11-6)9-13-12-7(16-9)5-10-3-4-15-2/h10H,3-5H2,1-2H3. The van der Waals surface area contributed by atoms with Crippen LogP contribution in [0.3, 0.4) is 0 Å². The molecular weight excluding hydrogens is 258 g/mol. The van der Waals surface area contributed by atoms with E-state index >= 15 is 0 Å². The van der Waals surface area contributed by atoms with Crippen molar-refractivity contribution in [3.05, 3.63) is 10.7 Å². The maximum Gasteiger partial charge on any atom is 0.161 e. The van der Waals surface area contributed by atoms with Crippen LogP contribution in [-0.4, -0.2) is 40.0 Å². The van der Waals surface area contributed by atoms with Crippen LogP contribution in [0, 0.1) is 6.92 Å². The van der Waals surface area contributed by atoms with E-state index in [-0.39, 0.29) is 0 Å². The Kier molecular flexibility index (Phi) is 4.49. The van der Waals surface area contributed by atoms with Crippen molar-refractivity contribution in [2.45, 2.75) is 13.5 Å². The van der Waals surface area contributed by atoms with E-state index in [0.29, 0.717) is 13.2 Å². The molecule has 8 heteroatoms. The maximum atomic E-state index is 4.95. The molecule has 2 aromatic rings. The summed E-state index contributed by atoms with van der Waals surface area (Å²) in [6, 6.07) is 0. The minimum atomic E-state index is 0.698. The number of nitrogens with zero attached hydrogens (tertiary/aromatic N) is 4. The molecule has 17 heavy (non-hydrogen) atoms. The van der Waals surface area contributed by atoms with E-state index in [2.05, 4.69) is 25.1 Å². The minimum Gasteiger partial charge on any atom is -0.383 e. The average Bonchev–Trinajstić information content (AvgIpc) is 2.93. The minimum absolute atomic E-state index is 0.698. The fourth-order valence-electron chi connectivity index (χ4n) is 1.21. The fraction of sp³-hybridized carbons (Fsp3) is 0.556. The predicted molar refractivity (Wildman–Crippen MR) is 67.1 cm³/mol. The second-order valence-electron chi connectivity index (χ2n) is 3.36. The molecule has 0 aliphatic carbocycles. The average molecular weight is 271 g/mol. The molecule has 0 spiro atoms. The highest BCUT2D eigenvalue weighted by Crippen LogP contribution is 2.28. The van der Waals surface area contributed by atoms with E-state index in [1.807, 2.05) is 6.92 Å². The molecule has 0 atom stereocenters. The van der Waals surface area contributed by atoms with Crippen molar-refractivity contribution in [3.8, 4) is 9.88 Å². The monoisotopic (exact) mass is 271 g/mol. The highest BCUT2D eigenvalue weighted by molar-refractivity contribution is 7.19. The third kappa shape index (κ3) is 3.25. The van der Waals surface area contributed by atoms with E-state index in [4.69, 9.17) is 4.74 Å². The van der Waals surface area contributed by atoms with Crippen molar-refractivity contribution in [2.24, 2.45) is 0 Å². The molecule has 0 amide bonds. The molecule has 2 aromatic heterocycles. The number of rotatable bonds is 6. The van der Waals surface area contributed by atoms with Crippen LogP contribution in [0.15, 0.2) is 0 Å². The summed E-state index contributed by atoms with van der Waals surface area (Å²) in [5.74, 6) is 0. The zero-order chi connectivity index (χ0) is 12.1. The van der Waals surface area contributed by atoms with Crippen molar-refractivity contribution in [3.63, 3.8) is 0 Å². The first kappa shape index (κ1) is 12.5. The molecule has 0 aliphatic heterocycles. The third-order valence-corrected chi connectivity index (χ3v) is 3.98. The normalized spacial score (nSPS) is 10.9. The van der Waals surface area contributed by atoms with Crippen molar-refractivity contribution < 1.29 is 4.74 Å². The van der Waals surface area contributed by atoms with Crippen LogP contribution in [0.5, 0.6) is 0 Å². The zero-order valence-corrected chi connectivity index (χ0v) is 11.3. The lowest BCUT2D eigenvalue weighted by Crippen LogP contribution is -2.18. The van der Waals surface area contributed by atoms with Crippen LogP contribution < -0.4 is 5.32 Å². The fourth-order valence-corrected chi connectivity index (χ4v) is 2.79. The Hall–Kier alpha value is -0.960. The molecule has 0 bridgehead atoms. The Labute approximate surface area is 107 Å². The largest absolute Gasteiger partial charge is 0.383 e. The lowest BCUT2D eigenvalue weighted by atomic mass is 10.4. The molecule has 2 rings (SSSR count). The summed E-state index contributed by atoms with van der Waals surface area (Å²) in [5.41, 5.74) is 0.907. The SMILES string of the molecule is COCCNCc1nnc(-c2snnc2C)s1. The molecule has 0 fully saturated rings. The number of ether oxygens (including phenoxy) is 1. The van der Waals surface area contributed by atoms with E-state index < -0.39 is 0 Å². The van der Waals surface area contributed by atoms with Crippen LogP contribution in [-0.2, 0) is 11.3 Å². The molecule has 0 unspecified atom stereocenters. The van der Waals surface area contributed by atoms with Gasteiger partial charge in [0.25, 0.3) is 0 Å². The summed E-state index contributed by atoms with van der Waals surface area (Å²) in [5, 5.41) is 17.3. The van der Waals surface area contributed by atoms with E-state index in [1.54, 1.807) is 18.4 Å². The summed E-state index contributed by atoms with van der Waals surface area (Å²) in [4.78, 5) is 1.01. The van der Waals surface area contributed by atoms with Crippen LogP contribution in [0.2, 0.25) is 0 Å². The van der Waals surface area contributed by atoms with Crippen LogP contribution in [0.25, 0.3) is 9.88 Å². The summed E-state index contributed by atoms with van der Waals surface area (Å²) in [7, 11) is 1.68. The van der Waals surface area contributed by atoms with Gasteiger partial charge in [-0.15, -0.1) is 15.3 Å². The number of methoxy groups -OCH3 is 1. The zero-order valence-electron chi connectivity index (χ0n) is 9.63. The number of aryl methyl sites for hydroxylation is 1. The van der Waals surface area contributed by atoms with E-state index in [1.165, 1.54) is 11.5 Å². The number of aromatic nitrogens is 4. The van der Waals surface area contributed by atoms with Gasteiger partial charge in [-0.25, -0.2) is 0 Å². The first-order valence-electron chi connectivity index (χ1n) is 5.12. The van der Waals surface area contributed by atoms with Crippen LogP contribution in [0.1, 0.15) is 10.7 Å². The maximum absolute atomic E-state index is 4.95. The summed E-state index contributed by atoms with van der Waals surface area (Å²) in [6.45, 7) is 4.15. The van der Waals surface area contributed by atoms with Gasteiger partial charge in [-0.3, -0.25) is 0 Å². The summed E-state index contributed by atoms with van der Waals surface area (Å²) >= 11 is 2.92. The van der Waals surface area contributed by atoms with E-state index in [0.717, 1.165) is 27.1 Å². The van der Waals surface area contributed by atoms with Gasteiger partial charge in [-0.1, -0.05) is 15.8 Å². The van der Waals surface area contributed by atoms with Gasteiger partial charge in [0, 0.05) is 20.2 Å². The predicted octanol–water partition coefficient (Wildman–Crippen LogP) is 1.10.